The van der Waals surface area contributed by atoms with Crippen molar-refractivity contribution in [1.82, 2.24) is 0 Å². The molecule has 2 unspecified atom stereocenters. The maximum Gasteiger partial charge on any atom is 0.192 e. The maximum absolute atomic E-state index is 9.21. The summed E-state index contributed by atoms with van der Waals surface area (Å²) in [6.07, 6.45) is 25.8. The molecule has 6 rings (SSSR count). The lowest BCUT2D eigenvalue weighted by Crippen LogP contribution is -2.33. The topological polar surface area (TPSA) is 26.5 Å². The number of hydrogen-bond acceptors (Lipinski definition) is 2. The predicted octanol–water partition coefficient (Wildman–Crippen LogP) is 6.99. The fraction of sp³-hybridized carbons (Fsp3) is 0.500. The van der Waals surface area contributed by atoms with Crippen molar-refractivity contribution in [3.8, 4) is 0 Å². The lowest BCUT2D eigenvalue weighted by molar-refractivity contribution is -0.482. The molecule has 0 saturated heterocycles. The van der Waals surface area contributed by atoms with E-state index in [4.69, 9.17) is 0 Å². The number of rotatable bonds is 8. The number of para-hydroxylation sites is 1. The molecule has 0 spiro atoms. The minimum atomic E-state index is 0.0120. The van der Waals surface area contributed by atoms with Gasteiger partial charge in [0.05, 0.1) is 11.3 Å². The van der Waals surface area contributed by atoms with Gasteiger partial charge in [-0.2, -0.15) is 4.58 Å². The minimum absolute atomic E-state index is 0.0120. The number of benzene rings is 1. The predicted molar refractivity (Wildman–Crippen MR) is 154 cm³/mol. The molecule has 1 aromatic carbocycles. The van der Waals surface area contributed by atoms with E-state index in [0.717, 1.165) is 38.8 Å². The highest BCUT2D eigenvalue weighted by atomic mass is 16.2. The van der Waals surface area contributed by atoms with Gasteiger partial charge in [0.1, 0.15) is 6.54 Å². The summed E-state index contributed by atoms with van der Waals surface area (Å²) in [6, 6.07) is 6.96. The highest BCUT2D eigenvalue weighted by Gasteiger charge is 2.53. The molecular formula is C34H43N2O+. The first-order valence-corrected chi connectivity index (χ1v) is 14.6. The van der Waals surface area contributed by atoms with E-state index in [1.165, 1.54) is 53.8 Å². The van der Waals surface area contributed by atoms with Crippen LogP contribution in [0.4, 0.5) is 5.69 Å². The number of nitrogens with zero attached hydrogens (tertiary/aromatic N) is 2. The van der Waals surface area contributed by atoms with Gasteiger partial charge in [-0.3, -0.25) is 0 Å². The van der Waals surface area contributed by atoms with Gasteiger partial charge in [0, 0.05) is 48.5 Å². The summed E-state index contributed by atoms with van der Waals surface area (Å²) < 4.78 is 2.63. The van der Waals surface area contributed by atoms with Gasteiger partial charge >= 0.3 is 0 Å². The Morgan fingerprint density at radius 3 is 2.84 bits per heavy atom. The first kappa shape index (κ1) is 24.7. The molecule has 4 aliphatic heterocycles. The van der Waals surface area contributed by atoms with E-state index < -0.39 is 0 Å². The van der Waals surface area contributed by atoms with Crippen LogP contribution in [0, 0.1) is 11.3 Å². The summed E-state index contributed by atoms with van der Waals surface area (Å²) in [5.41, 5.74) is 10.6. The molecule has 1 aromatic rings. The number of anilines is 1. The summed E-state index contributed by atoms with van der Waals surface area (Å²) in [5, 5.41) is 9.21. The van der Waals surface area contributed by atoms with E-state index >= 15 is 0 Å². The SMILES string of the molecule is CC1(CCCCCCO)C(C=CC=C2[N+]3=C4C(=CC=CC4C2(C)C)CCC3)=CN2CCc3cccc1c32. The Hall–Kier alpha value is -2.65. The third-order valence-corrected chi connectivity index (χ3v) is 9.74. The Morgan fingerprint density at radius 1 is 1.11 bits per heavy atom. The normalized spacial score (nSPS) is 28.2. The van der Waals surface area contributed by atoms with Gasteiger partial charge < -0.3 is 10.0 Å². The van der Waals surface area contributed by atoms with Crippen LogP contribution in [0.5, 0.6) is 0 Å². The Bertz CT molecular complexity index is 1270. The Morgan fingerprint density at radius 2 is 1.97 bits per heavy atom. The third-order valence-electron chi connectivity index (χ3n) is 9.74. The lowest BCUT2D eigenvalue weighted by atomic mass is 9.69. The molecule has 0 amide bonds. The number of aliphatic hydroxyl groups excluding tert-OH is 1. The zero-order valence-electron chi connectivity index (χ0n) is 23.0. The second-order valence-electron chi connectivity index (χ2n) is 12.4. The van der Waals surface area contributed by atoms with Gasteiger partial charge in [-0.1, -0.05) is 74.8 Å². The van der Waals surface area contributed by atoms with Crippen molar-refractivity contribution in [2.75, 3.05) is 24.6 Å². The second-order valence-corrected chi connectivity index (χ2v) is 12.4. The van der Waals surface area contributed by atoms with Gasteiger partial charge in [0.2, 0.25) is 0 Å². The first-order chi connectivity index (χ1) is 17.9. The summed E-state index contributed by atoms with van der Waals surface area (Å²) in [6.45, 7) is 9.84. The zero-order chi connectivity index (χ0) is 25.6. The van der Waals surface area contributed by atoms with Crippen molar-refractivity contribution in [2.24, 2.45) is 11.3 Å². The molecule has 0 fully saturated rings. The first-order valence-electron chi connectivity index (χ1n) is 14.6. The van der Waals surface area contributed by atoms with Gasteiger partial charge in [0.25, 0.3) is 0 Å². The van der Waals surface area contributed by atoms with E-state index in [1.807, 2.05) is 0 Å². The van der Waals surface area contributed by atoms with Crippen LogP contribution in [0.1, 0.15) is 76.8 Å². The van der Waals surface area contributed by atoms with E-state index in [2.05, 4.69) is 91.1 Å². The quantitative estimate of drug-likeness (QED) is 0.311. The summed E-state index contributed by atoms with van der Waals surface area (Å²) in [5.74, 6) is 0.487. The van der Waals surface area contributed by atoms with Crippen molar-refractivity contribution in [3.05, 3.63) is 88.8 Å². The van der Waals surface area contributed by atoms with Crippen LogP contribution in [-0.2, 0) is 11.8 Å². The van der Waals surface area contributed by atoms with E-state index in [-0.39, 0.29) is 10.8 Å². The standard InChI is InChI=1S/C34H43N2O/c1-33(2)28-16-8-12-25-14-11-21-36(32(25)28)30(33)18-10-15-27-24-35-22-19-26-13-9-17-29(31(26)35)34(27,3)20-6-4-5-7-23-37/h8-10,12-13,15-18,24,28,37H,4-7,11,14,19-23H2,1-3H3/q+1. The molecular weight excluding hydrogens is 452 g/mol. The minimum Gasteiger partial charge on any atom is -0.396 e. The molecule has 0 aromatic heterocycles. The van der Waals surface area contributed by atoms with Crippen molar-refractivity contribution in [1.29, 1.82) is 0 Å². The Balaban J connectivity index is 1.33. The fourth-order valence-electron chi connectivity index (χ4n) is 7.62. The van der Waals surface area contributed by atoms with Gasteiger partial charge in [-0.05, 0) is 56.2 Å². The highest BCUT2D eigenvalue weighted by molar-refractivity contribution is 6.03. The number of allylic oxidation sites excluding steroid dienone is 9. The molecule has 3 heteroatoms. The number of unbranched alkanes of at least 4 members (excludes halogenated alkanes) is 3. The molecule has 0 radical (unpaired) electrons. The molecule has 0 bridgehead atoms. The van der Waals surface area contributed by atoms with Crippen molar-refractivity contribution < 1.29 is 9.68 Å². The molecule has 1 aliphatic carbocycles. The number of aliphatic hydroxyl groups is 1. The zero-order valence-corrected chi connectivity index (χ0v) is 23.0. The molecule has 194 valence electrons. The Kier molecular flexibility index (Phi) is 6.39. The monoisotopic (exact) mass is 495 g/mol. The summed E-state index contributed by atoms with van der Waals surface area (Å²) in [7, 11) is 0. The number of hydrogen-bond donors (Lipinski definition) is 1. The van der Waals surface area contributed by atoms with Crippen LogP contribution < -0.4 is 4.90 Å². The molecule has 0 saturated carbocycles. The van der Waals surface area contributed by atoms with Crippen molar-refractivity contribution in [2.45, 2.75) is 77.6 Å². The van der Waals surface area contributed by atoms with Crippen LogP contribution in [0.3, 0.4) is 0 Å². The molecule has 5 aliphatic rings. The molecule has 4 heterocycles. The molecule has 3 nitrogen and oxygen atoms in total. The summed E-state index contributed by atoms with van der Waals surface area (Å²) in [4.78, 5) is 2.50. The van der Waals surface area contributed by atoms with Crippen LogP contribution in [-0.4, -0.2) is 35.1 Å². The smallest absolute Gasteiger partial charge is 0.192 e. The van der Waals surface area contributed by atoms with E-state index in [0.29, 0.717) is 12.5 Å². The lowest BCUT2D eigenvalue weighted by Gasteiger charge is -2.40. The fourth-order valence-corrected chi connectivity index (χ4v) is 7.62. The average molecular weight is 496 g/mol. The van der Waals surface area contributed by atoms with E-state index in [9.17, 15) is 5.11 Å². The maximum atomic E-state index is 9.21. The molecule has 37 heavy (non-hydrogen) atoms. The van der Waals surface area contributed by atoms with Crippen LogP contribution in [0.2, 0.25) is 0 Å². The summed E-state index contributed by atoms with van der Waals surface area (Å²) >= 11 is 0. The average Bonchev–Trinajstić information content (AvgIpc) is 3.41. The van der Waals surface area contributed by atoms with Crippen molar-refractivity contribution in [3.63, 3.8) is 0 Å². The van der Waals surface area contributed by atoms with Gasteiger partial charge in [0.15, 0.2) is 11.4 Å². The Labute approximate surface area is 223 Å². The highest BCUT2D eigenvalue weighted by Crippen LogP contribution is 2.50. The van der Waals surface area contributed by atoms with Crippen molar-refractivity contribution >= 4 is 11.4 Å². The van der Waals surface area contributed by atoms with Gasteiger partial charge in [-0.15, -0.1) is 0 Å². The third kappa shape index (κ3) is 4.02. The second kappa shape index (κ2) is 9.58. The van der Waals surface area contributed by atoms with Gasteiger partial charge in [-0.25, -0.2) is 0 Å². The molecule has 2 atom stereocenters. The van der Waals surface area contributed by atoms with Crippen LogP contribution in [0.15, 0.2) is 77.7 Å². The largest absolute Gasteiger partial charge is 0.396 e. The van der Waals surface area contributed by atoms with Crippen LogP contribution >= 0.6 is 0 Å². The molecule has 1 N–H and O–H groups in total. The van der Waals surface area contributed by atoms with Crippen LogP contribution in [0.25, 0.3) is 0 Å². The van der Waals surface area contributed by atoms with E-state index in [1.54, 1.807) is 11.3 Å².